The van der Waals surface area contributed by atoms with Gasteiger partial charge < -0.3 is 10.2 Å². The van der Waals surface area contributed by atoms with E-state index in [0.717, 1.165) is 0 Å². The Hall–Kier alpha value is -1.32. The Bertz CT molecular complexity index is 404. The van der Waals surface area contributed by atoms with E-state index in [1.54, 1.807) is 0 Å². The van der Waals surface area contributed by atoms with Gasteiger partial charge in [0.2, 0.25) is 0 Å². The molecule has 1 saturated carbocycles. The van der Waals surface area contributed by atoms with E-state index < -0.39 is 29.2 Å². The molecule has 1 fully saturated rings. The van der Waals surface area contributed by atoms with Crippen LogP contribution in [0.15, 0.2) is 12.2 Å². The summed E-state index contributed by atoms with van der Waals surface area (Å²) in [6, 6.07) is 0. The maximum absolute atomic E-state index is 11.5. The van der Waals surface area contributed by atoms with E-state index in [-0.39, 0.29) is 11.3 Å². The van der Waals surface area contributed by atoms with E-state index in [0.29, 0.717) is 6.42 Å². The smallest absolute Gasteiger partial charge is 0.308 e. The van der Waals surface area contributed by atoms with Gasteiger partial charge in [-0.2, -0.15) is 0 Å². The summed E-state index contributed by atoms with van der Waals surface area (Å²) in [6.07, 6.45) is 4.48. The van der Waals surface area contributed by atoms with Crippen molar-refractivity contribution in [3.63, 3.8) is 0 Å². The number of hydrogen-bond donors (Lipinski definition) is 2. The van der Waals surface area contributed by atoms with Crippen LogP contribution < -0.4 is 0 Å². The fraction of sp³-hybridized carbons (Fsp3) is 0.692. The molecule has 2 rings (SSSR count). The van der Waals surface area contributed by atoms with Gasteiger partial charge in [-0.3, -0.25) is 9.59 Å². The second kappa shape index (κ2) is 3.34. The average Bonchev–Trinajstić information content (AvgIpc) is 2.71. The van der Waals surface area contributed by atoms with Gasteiger partial charge in [-0.25, -0.2) is 0 Å². The molecule has 2 aliphatic rings. The van der Waals surface area contributed by atoms with Crippen molar-refractivity contribution in [2.45, 2.75) is 27.2 Å². The molecule has 0 aromatic heterocycles. The lowest BCUT2D eigenvalue weighted by Gasteiger charge is -2.43. The Morgan fingerprint density at radius 3 is 2.24 bits per heavy atom. The predicted molar refractivity (Wildman–Crippen MR) is 61.4 cm³/mol. The first-order valence-electron chi connectivity index (χ1n) is 5.86. The molecule has 4 nitrogen and oxygen atoms in total. The first-order chi connectivity index (χ1) is 7.71. The number of carbonyl (C=O) groups is 2. The number of hydrogen-bond acceptors (Lipinski definition) is 2. The monoisotopic (exact) mass is 238 g/mol. The Morgan fingerprint density at radius 1 is 1.24 bits per heavy atom. The van der Waals surface area contributed by atoms with Gasteiger partial charge in [-0.05, 0) is 17.8 Å². The molecule has 4 heteroatoms. The van der Waals surface area contributed by atoms with Crippen LogP contribution in [0, 0.1) is 28.6 Å². The molecule has 0 amide bonds. The highest BCUT2D eigenvalue weighted by molar-refractivity contribution is 5.83. The Balaban J connectivity index is 2.52. The number of aliphatic carboxylic acids is 2. The summed E-state index contributed by atoms with van der Waals surface area (Å²) in [5, 5.41) is 18.6. The number of carboxylic acids is 2. The van der Waals surface area contributed by atoms with Gasteiger partial charge in [0.1, 0.15) is 0 Å². The molecule has 0 spiro atoms. The number of rotatable bonds is 2. The standard InChI is InChI=1S/C13H18O4/c1-12(2,3)13-5-4-7(6-13)8(10(14)15)9(13)11(16)17/h4-5,7-9H,6H2,1-3H3,(H,14,15)(H,16,17). The van der Waals surface area contributed by atoms with Crippen LogP contribution >= 0.6 is 0 Å². The van der Waals surface area contributed by atoms with E-state index in [2.05, 4.69) is 0 Å². The third-order valence-electron chi connectivity index (χ3n) is 4.54. The van der Waals surface area contributed by atoms with Gasteiger partial charge in [-0.15, -0.1) is 0 Å². The third kappa shape index (κ3) is 1.43. The van der Waals surface area contributed by atoms with Crippen LogP contribution in [0.3, 0.4) is 0 Å². The lowest BCUT2D eigenvalue weighted by molar-refractivity contribution is -0.158. The van der Waals surface area contributed by atoms with Crippen LogP contribution in [0.2, 0.25) is 0 Å². The minimum absolute atomic E-state index is 0.132. The third-order valence-corrected chi connectivity index (χ3v) is 4.54. The van der Waals surface area contributed by atoms with Crippen LogP contribution in [0.25, 0.3) is 0 Å². The summed E-state index contributed by atoms with van der Waals surface area (Å²) in [5.41, 5.74) is -0.766. The molecule has 17 heavy (non-hydrogen) atoms. The van der Waals surface area contributed by atoms with Gasteiger partial charge in [0.15, 0.2) is 0 Å². The van der Waals surface area contributed by atoms with Gasteiger partial charge in [0.05, 0.1) is 11.8 Å². The molecule has 0 heterocycles. The van der Waals surface area contributed by atoms with E-state index in [1.807, 2.05) is 32.9 Å². The molecule has 94 valence electrons. The summed E-state index contributed by atoms with van der Waals surface area (Å²) >= 11 is 0. The van der Waals surface area contributed by atoms with Crippen LogP contribution in [0.1, 0.15) is 27.2 Å². The maximum atomic E-state index is 11.5. The van der Waals surface area contributed by atoms with Crippen molar-refractivity contribution in [1.82, 2.24) is 0 Å². The first kappa shape index (κ1) is 12.1. The zero-order valence-electron chi connectivity index (χ0n) is 10.3. The topological polar surface area (TPSA) is 74.6 Å². The molecular weight excluding hydrogens is 220 g/mol. The highest BCUT2D eigenvalue weighted by Crippen LogP contribution is 2.64. The maximum Gasteiger partial charge on any atom is 0.308 e. The largest absolute Gasteiger partial charge is 0.481 e. The summed E-state index contributed by atoms with van der Waals surface area (Å²) < 4.78 is 0. The van der Waals surface area contributed by atoms with Crippen molar-refractivity contribution in [3.05, 3.63) is 12.2 Å². The van der Waals surface area contributed by atoms with Crippen molar-refractivity contribution in [2.75, 3.05) is 0 Å². The highest BCUT2D eigenvalue weighted by Gasteiger charge is 2.64. The molecule has 0 aliphatic heterocycles. The lowest BCUT2D eigenvalue weighted by atomic mass is 9.60. The summed E-state index contributed by atoms with van der Waals surface area (Å²) in [5.74, 6) is -3.70. The van der Waals surface area contributed by atoms with Gasteiger partial charge in [0, 0.05) is 5.41 Å². The highest BCUT2D eigenvalue weighted by atomic mass is 16.4. The molecule has 0 aromatic rings. The zero-order chi connectivity index (χ0) is 13.0. The SMILES string of the molecule is CC(C)(C)C12C=CC(C1)C(C(=O)O)C2C(=O)O. The van der Waals surface area contributed by atoms with Crippen molar-refractivity contribution in [2.24, 2.45) is 28.6 Å². The second-order valence-corrected chi connectivity index (χ2v) is 6.20. The first-order valence-corrected chi connectivity index (χ1v) is 5.86. The van der Waals surface area contributed by atoms with Gasteiger partial charge in [0.25, 0.3) is 0 Å². The van der Waals surface area contributed by atoms with Crippen LogP contribution in [0.5, 0.6) is 0 Å². The molecule has 0 radical (unpaired) electrons. The minimum atomic E-state index is -0.988. The fourth-order valence-electron chi connectivity index (χ4n) is 3.59. The molecule has 2 aliphatic carbocycles. The molecule has 2 bridgehead atoms. The second-order valence-electron chi connectivity index (χ2n) is 6.20. The number of carboxylic acid groups (broad SMARTS) is 2. The van der Waals surface area contributed by atoms with Gasteiger partial charge in [-0.1, -0.05) is 32.9 Å². The van der Waals surface area contributed by atoms with Crippen LogP contribution in [-0.4, -0.2) is 22.2 Å². The van der Waals surface area contributed by atoms with E-state index >= 15 is 0 Å². The Labute approximate surface area is 100 Å². The van der Waals surface area contributed by atoms with Crippen molar-refractivity contribution in [1.29, 1.82) is 0 Å². The summed E-state index contributed by atoms with van der Waals surface area (Å²) in [4.78, 5) is 22.7. The molecule has 0 saturated heterocycles. The zero-order valence-corrected chi connectivity index (χ0v) is 10.3. The molecular formula is C13H18O4. The lowest BCUT2D eigenvalue weighted by Crippen LogP contribution is -2.45. The summed E-state index contributed by atoms with van der Waals surface area (Å²) in [7, 11) is 0. The van der Waals surface area contributed by atoms with E-state index in [9.17, 15) is 19.8 Å². The summed E-state index contributed by atoms with van der Waals surface area (Å²) in [6.45, 7) is 5.96. The van der Waals surface area contributed by atoms with E-state index in [4.69, 9.17) is 0 Å². The fourth-order valence-corrected chi connectivity index (χ4v) is 3.59. The Morgan fingerprint density at radius 2 is 1.82 bits per heavy atom. The number of allylic oxidation sites excluding steroid dienone is 2. The van der Waals surface area contributed by atoms with Crippen LogP contribution in [0.4, 0.5) is 0 Å². The van der Waals surface area contributed by atoms with E-state index in [1.165, 1.54) is 0 Å². The predicted octanol–water partition coefficient (Wildman–Crippen LogP) is 2.01. The van der Waals surface area contributed by atoms with Gasteiger partial charge >= 0.3 is 11.9 Å². The quantitative estimate of drug-likeness (QED) is 0.722. The molecule has 4 atom stereocenters. The molecule has 2 N–H and O–H groups in total. The van der Waals surface area contributed by atoms with Crippen molar-refractivity contribution in [3.8, 4) is 0 Å². The molecule has 4 unspecified atom stereocenters. The van der Waals surface area contributed by atoms with Crippen molar-refractivity contribution < 1.29 is 19.8 Å². The molecule has 0 aromatic carbocycles. The Kier molecular flexibility index (Phi) is 2.39. The number of fused-ring (bicyclic) bond motifs is 2. The van der Waals surface area contributed by atoms with Crippen LogP contribution in [-0.2, 0) is 9.59 Å². The van der Waals surface area contributed by atoms with Crippen molar-refractivity contribution >= 4 is 11.9 Å². The normalized spacial score (nSPS) is 39.6. The minimum Gasteiger partial charge on any atom is -0.481 e. The average molecular weight is 238 g/mol.